The molecule has 1 aromatic heterocycles. The van der Waals surface area contributed by atoms with Crippen molar-refractivity contribution in [2.75, 3.05) is 13.2 Å². The van der Waals surface area contributed by atoms with Crippen molar-refractivity contribution in [2.24, 2.45) is 0 Å². The third-order valence-corrected chi connectivity index (χ3v) is 4.78. The van der Waals surface area contributed by atoms with Gasteiger partial charge in [-0.3, -0.25) is 9.36 Å². The molecule has 1 aliphatic rings. The molecule has 2 heterocycles. The van der Waals surface area contributed by atoms with Crippen molar-refractivity contribution in [3.05, 3.63) is 69.2 Å². The Kier molecular flexibility index (Phi) is 4.81. The fourth-order valence-electron chi connectivity index (χ4n) is 3.14. The minimum Gasteiger partial charge on any atom is -0.488 e. The molecule has 27 heavy (non-hydrogen) atoms. The standard InChI is InChI=1S/C20H17ClN2O4/c21-15-4-1-2-5-17(15)26-10-11-27-20(25)13-7-8-14-16(12-13)22-18-6-3-9-23(18)19(14)24/h1-2,4-5,7-8,12H,3,6,9-11H2. The number of esters is 1. The van der Waals surface area contributed by atoms with Crippen LogP contribution < -0.4 is 10.3 Å². The number of ether oxygens (including phenoxy) is 2. The summed E-state index contributed by atoms with van der Waals surface area (Å²) in [6.45, 7) is 0.977. The number of benzene rings is 2. The Balaban J connectivity index is 1.43. The predicted octanol–water partition coefficient (Wildman–Crippen LogP) is 3.23. The van der Waals surface area contributed by atoms with Gasteiger partial charge in [-0.2, -0.15) is 0 Å². The summed E-state index contributed by atoms with van der Waals surface area (Å²) in [5, 5.41) is 1.02. The smallest absolute Gasteiger partial charge is 0.338 e. The number of rotatable bonds is 5. The molecular formula is C20H17ClN2O4. The first-order valence-electron chi connectivity index (χ1n) is 8.71. The summed E-state index contributed by atoms with van der Waals surface area (Å²) in [5.41, 5.74) is 0.825. The van der Waals surface area contributed by atoms with E-state index in [-0.39, 0.29) is 18.8 Å². The second kappa shape index (κ2) is 7.40. The number of para-hydroxylation sites is 1. The van der Waals surface area contributed by atoms with Crippen molar-refractivity contribution in [1.29, 1.82) is 0 Å². The normalized spacial score (nSPS) is 12.8. The number of aryl methyl sites for hydroxylation is 1. The number of hydrogen-bond acceptors (Lipinski definition) is 5. The molecule has 0 unspecified atom stereocenters. The molecule has 0 atom stereocenters. The first kappa shape index (κ1) is 17.5. The lowest BCUT2D eigenvalue weighted by molar-refractivity contribution is 0.0450. The zero-order chi connectivity index (χ0) is 18.8. The molecule has 6 nitrogen and oxygen atoms in total. The molecule has 0 saturated carbocycles. The topological polar surface area (TPSA) is 70.4 Å². The van der Waals surface area contributed by atoms with Crippen LogP contribution in [0.25, 0.3) is 10.9 Å². The lowest BCUT2D eigenvalue weighted by Gasteiger charge is -2.09. The molecule has 0 radical (unpaired) electrons. The first-order chi connectivity index (χ1) is 13.1. The van der Waals surface area contributed by atoms with E-state index >= 15 is 0 Å². The Morgan fingerprint density at radius 2 is 2.04 bits per heavy atom. The molecule has 0 bridgehead atoms. The van der Waals surface area contributed by atoms with Crippen LogP contribution in [0.1, 0.15) is 22.6 Å². The number of carbonyl (C=O) groups excluding carboxylic acids is 1. The molecule has 7 heteroatoms. The van der Waals surface area contributed by atoms with Crippen molar-refractivity contribution in [1.82, 2.24) is 9.55 Å². The summed E-state index contributed by atoms with van der Waals surface area (Å²) in [4.78, 5) is 29.2. The molecule has 138 valence electrons. The quantitative estimate of drug-likeness (QED) is 0.499. The van der Waals surface area contributed by atoms with Gasteiger partial charge in [-0.1, -0.05) is 23.7 Å². The first-order valence-corrected chi connectivity index (χ1v) is 9.09. The lowest BCUT2D eigenvalue weighted by atomic mass is 10.1. The molecule has 0 amide bonds. The van der Waals surface area contributed by atoms with E-state index in [1.54, 1.807) is 34.9 Å². The minimum atomic E-state index is -0.484. The number of halogens is 1. The highest BCUT2D eigenvalue weighted by Gasteiger charge is 2.17. The highest BCUT2D eigenvalue weighted by molar-refractivity contribution is 6.32. The van der Waals surface area contributed by atoms with Crippen LogP contribution in [0, 0.1) is 0 Å². The van der Waals surface area contributed by atoms with Crippen molar-refractivity contribution >= 4 is 28.5 Å². The fraction of sp³-hybridized carbons (Fsp3) is 0.250. The van der Waals surface area contributed by atoms with Crippen molar-refractivity contribution in [3.8, 4) is 5.75 Å². The van der Waals surface area contributed by atoms with Gasteiger partial charge >= 0.3 is 5.97 Å². The van der Waals surface area contributed by atoms with E-state index < -0.39 is 5.97 Å². The van der Waals surface area contributed by atoms with Crippen LogP contribution in [-0.2, 0) is 17.7 Å². The molecule has 1 aliphatic heterocycles. The van der Waals surface area contributed by atoms with Crippen LogP contribution in [0.4, 0.5) is 0 Å². The van der Waals surface area contributed by atoms with E-state index in [1.165, 1.54) is 0 Å². The average Bonchev–Trinajstić information content (AvgIpc) is 3.15. The maximum atomic E-state index is 12.5. The molecule has 0 fully saturated rings. The van der Waals surface area contributed by atoms with Crippen LogP contribution >= 0.6 is 11.6 Å². The molecule has 4 rings (SSSR count). The summed E-state index contributed by atoms with van der Waals surface area (Å²) in [6, 6.07) is 11.9. The van der Waals surface area contributed by atoms with E-state index in [0.29, 0.717) is 33.8 Å². The van der Waals surface area contributed by atoms with Gasteiger partial charge in [0, 0.05) is 13.0 Å². The van der Waals surface area contributed by atoms with Gasteiger partial charge in [0.25, 0.3) is 5.56 Å². The van der Waals surface area contributed by atoms with E-state index in [0.717, 1.165) is 18.7 Å². The largest absolute Gasteiger partial charge is 0.488 e. The number of fused-ring (bicyclic) bond motifs is 2. The molecule has 0 aliphatic carbocycles. The zero-order valence-corrected chi connectivity index (χ0v) is 15.2. The average molecular weight is 385 g/mol. The van der Waals surface area contributed by atoms with Gasteiger partial charge in [-0.05, 0) is 36.8 Å². The van der Waals surface area contributed by atoms with Gasteiger partial charge in [0.1, 0.15) is 24.8 Å². The lowest BCUT2D eigenvalue weighted by Crippen LogP contribution is -2.21. The van der Waals surface area contributed by atoms with Crippen molar-refractivity contribution in [3.63, 3.8) is 0 Å². The summed E-state index contributed by atoms with van der Waals surface area (Å²) >= 11 is 6.00. The Labute approximate surface area is 160 Å². The Bertz CT molecular complexity index is 1080. The monoisotopic (exact) mass is 384 g/mol. The van der Waals surface area contributed by atoms with Crippen LogP contribution in [0.5, 0.6) is 5.75 Å². The molecule has 3 aromatic rings. The van der Waals surface area contributed by atoms with Gasteiger partial charge < -0.3 is 9.47 Å². The predicted molar refractivity (Wildman–Crippen MR) is 102 cm³/mol. The fourth-order valence-corrected chi connectivity index (χ4v) is 3.33. The maximum Gasteiger partial charge on any atom is 0.338 e. The number of hydrogen-bond donors (Lipinski definition) is 0. The van der Waals surface area contributed by atoms with Crippen LogP contribution in [0.3, 0.4) is 0 Å². The maximum absolute atomic E-state index is 12.5. The highest BCUT2D eigenvalue weighted by Crippen LogP contribution is 2.23. The Hall–Kier alpha value is -2.86. The summed E-state index contributed by atoms with van der Waals surface area (Å²) in [7, 11) is 0. The van der Waals surface area contributed by atoms with E-state index in [9.17, 15) is 9.59 Å². The van der Waals surface area contributed by atoms with Crippen molar-refractivity contribution < 1.29 is 14.3 Å². The molecular weight excluding hydrogens is 368 g/mol. The van der Waals surface area contributed by atoms with Crippen LogP contribution in [-0.4, -0.2) is 28.7 Å². The van der Waals surface area contributed by atoms with Gasteiger partial charge in [-0.15, -0.1) is 0 Å². The van der Waals surface area contributed by atoms with Gasteiger partial charge in [0.15, 0.2) is 0 Å². The second-order valence-electron chi connectivity index (χ2n) is 6.24. The third-order valence-electron chi connectivity index (χ3n) is 4.46. The van der Waals surface area contributed by atoms with Crippen LogP contribution in [0.2, 0.25) is 5.02 Å². The molecule has 0 saturated heterocycles. The summed E-state index contributed by atoms with van der Waals surface area (Å²) in [6.07, 6.45) is 1.69. The number of nitrogens with zero attached hydrogens (tertiary/aromatic N) is 2. The molecule has 2 aromatic carbocycles. The third kappa shape index (κ3) is 3.53. The number of aromatic nitrogens is 2. The van der Waals surface area contributed by atoms with E-state index in [1.807, 2.05) is 12.1 Å². The van der Waals surface area contributed by atoms with Gasteiger partial charge in [-0.25, -0.2) is 9.78 Å². The van der Waals surface area contributed by atoms with E-state index in [2.05, 4.69) is 4.98 Å². The highest BCUT2D eigenvalue weighted by atomic mass is 35.5. The zero-order valence-electron chi connectivity index (χ0n) is 14.5. The minimum absolute atomic E-state index is 0.0550. The molecule has 0 N–H and O–H groups in total. The summed E-state index contributed by atoms with van der Waals surface area (Å²) in [5.74, 6) is 0.827. The summed E-state index contributed by atoms with van der Waals surface area (Å²) < 4.78 is 12.4. The Morgan fingerprint density at radius 1 is 1.19 bits per heavy atom. The van der Waals surface area contributed by atoms with Crippen molar-refractivity contribution in [2.45, 2.75) is 19.4 Å². The Morgan fingerprint density at radius 3 is 2.89 bits per heavy atom. The van der Waals surface area contributed by atoms with Gasteiger partial charge in [0.05, 0.1) is 21.5 Å². The SMILES string of the molecule is O=C(OCCOc1ccccc1Cl)c1ccc2c(=O)n3c(nc2c1)CCC3. The van der Waals surface area contributed by atoms with E-state index in [4.69, 9.17) is 21.1 Å². The number of carbonyl (C=O) groups is 1. The van der Waals surface area contributed by atoms with Gasteiger partial charge in [0.2, 0.25) is 0 Å². The second-order valence-corrected chi connectivity index (χ2v) is 6.64. The molecule has 0 spiro atoms. The van der Waals surface area contributed by atoms with Crippen LogP contribution in [0.15, 0.2) is 47.3 Å².